The van der Waals surface area contributed by atoms with Crippen LogP contribution in [0.4, 0.5) is 0 Å². The third-order valence-corrected chi connectivity index (χ3v) is 4.20. The molecule has 0 spiro atoms. The number of thioether (sulfide) groups is 1. The summed E-state index contributed by atoms with van der Waals surface area (Å²) in [6.07, 6.45) is 0. The lowest BCUT2D eigenvalue weighted by molar-refractivity contribution is 0.174. The lowest BCUT2D eigenvalue weighted by Crippen LogP contribution is -2.21. The van der Waals surface area contributed by atoms with Gasteiger partial charge >= 0.3 is 0 Å². The molecule has 1 unspecified atom stereocenters. The van der Waals surface area contributed by atoms with Gasteiger partial charge in [-0.05, 0) is 24.7 Å². The van der Waals surface area contributed by atoms with E-state index in [-0.39, 0.29) is 4.75 Å². The molecule has 4 heteroatoms. The van der Waals surface area contributed by atoms with E-state index in [1.807, 2.05) is 24.9 Å². The molecule has 2 rings (SSSR count). The van der Waals surface area contributed by atoms with Crippen molar-refractivity contribution < 1.29 is 9.47 Å². The van der Waals surface area contributed by atoms with Gasteiger partial charge in [-0.15, -0.1) is 0 Å². The number of fused-ring (bicyclic) bond motifs is 1. The largest absolute Gasteiger partial charge is 0.454 e. The predicted octanol–water partition coefficient (Wildman–Crippen LogP) is 3.21. The molecule has 1 aromatic rings. The van der Waals surface area contributed by atoms with Gasteiger partial charge in [0.25, 0.3) is 0 Å². The Balaban J connectivity index is 2.08. The first-order chi connectivity index (χ1) is 8.49. The van der Waals surface area contributed by atoms with E-state index >= 15 is 0 Å². The monoisotopic (exact) mass is 267 g/mol. The van der Waals surface area contributed by atoms with Gasteiger partial charge in [-0.25, -0.2) is 0 Å². The first kappa shape index (κ1) is 13.6. The van der Waals surface area contributed by atoms with Gasteiger partial charge in [0.05, 0.1) is 0 Å². The lowest BCUT2D eigenvalue weighted by Gasteiger charge is -2.23. The maximum absolute atomic E-state index is 5.42. The third kappa shape index (κ3) is 3.33. The molecule has 0 fully saturated rings. The standard InChI is InChI=1S/C14H21NO2S/c1-14(2,3)18-8-11(15-4)10-5-6-12-13(7-10)17-9-16-12/h5-7,11,15H,8-9H2,1-4H3. The number of nitrogens with one attached hydrogen (secondary N) is 1. The van der Waals surface area contributed by atoms with E-state index in [1.54, 1.807) is 0 Å². The van der Waals surface area contributed by atoms with E-state index < -0.39 is 0 Å². The van der Waals surface area contributed by atoms with Crippen molar-refractivity contribution in [3.05, 3.63) is 23.8 Å². The summed E-state index contributed by atoms with van der Waals surface area (Å²) in [5, 5.41) is 3.36. The zero-order valence-corrected chi connectivity index (χ0v) is 12.3. The van der Waals surface area contributed by atoms with Gasteiger partial charge in [-0.3, -0.25) is 0 Å². The highest BCUT2D eigenvalue weighted by molar-refractivity contribution is 8.00. The molecule has 0 bridgehead atoms. The maximum atomic E-state index is 5.42. The van der Waals surface area contributed by atoms with E-state index in [0.717, 1.165) is 17.3 Å². The van der Waals surface area contributed by atoms with E-state index in [0.29, 0.717) is 12.8 Å². The second-order valence-corrected chi connectivity index (χ2v) is 7.22. The van der Waals surface area contributed by atoms with E-state index in [2.05, 4.69) is 38.2 Å². The molecule has 0 saturated heterocycles. The molecule has 0 aliphatic carbocycles. The second-order valence-electron chi connectivity index (χ2n) is 5.38. The second kappa shape index (κ2) is 5.41. The average molecular weight is 267 g/mol. The van der Waals surface area contributed by atoms with Crippen LogP contribution in [0.2, 0.25) is 0 Å². The van der Waals surface area contributed by atoms with Crippen LogP contribution >= 0.6 is 11.8 Å². The molecule has 1 heterocycles. The molecular formula is C14H21NO2S. The minimum absolute atomic E-state index is 0.283. The summed E-state index contributed by atoms with van der Waals surface area (Å²) >= 11 is 1.96. The van der Waals surface area contributed by atoms with Gasteiger partial charge in [0.2, 0.25) is 6.79 Å². The van der Waals surface area contributed by atoms with Crippen LogP contribution in [0.15, 0.2) is 18.2 Å². The summed E-state index contributed by atoms with van der Waals surface area (Å²) < 4.78 is 11.0. The SMILES string of the molecule is CNC(CSC(C)(C)C)c1ccc2c(c1)OCO2. The highest BCUT2D eigenvalue weighted by Gasteiger charge is 2.19. The Bertz CT molecular complexity index is 415. The van der Waals surface area contributed by atoms with Gasteiger partial charge in [0.15, 0.2) is 11.5 Å². The molecule has 0 saturated carbocycles. The smallest absolute Gasteiger partial charge is 0.231 e. The summed E-state index contributed by atoms with van der Waals surface area (Å²) in [5.74, 6) is 2.74. The van der Waals surface area contributed by atoms with Crippen LogP contribution < -0.4 is 14.8 Å². The highest BCUT2D eigenvalue weighted by Crippen LogP contribution is 2.35. The minimum Gasteiger partial charge on any atom is -0.454 e. The zero-order valence-electron chi connectivity index (χ0n) is 11.4. The first-order valence-electron chi connectivity index (χ1n) is 6.20. The molecule has 0 amide bonds. The fourth-order valence-electron chi connectivity index (χ4n) is 1.81. The molecule has 0 aromatic heterocycles. The van der Waals surface area contributed by atoms with E-state index in [1.165, 1.54) is 5.56 Å². The van der Waals surface area contributed by atoms with Crippen LogP contribution in [0.25, 0.3) is 0 Å². The number of benzene rings is 1. The molecule has 1 atom stereocenters. The number of hydrogen-bond acceptors (Lipinski definition) is 4. The zero-order chi connectivity index (χ0) is 13.2. The van der Waals surface area contributed by atoms with E-state index in [4.69, 9.17) is 9.47 Å². The normalized spacial score (nSPS) is 15.8. The van der Waals surface area contributed by atoms with Gasteiger partial charge in [-0.1, -0.05) is 26.8 Å². The number of hydrogen-bond donors (Lipinski definition) is 1. The fourth-order valence-corrected chi connectivity index (χ4v) is 2.84. The maximum Gasteiger partial charge on any atom is 0.231 e. The summed E-state index contributed by atoms with van der Waals surface area (Å²) in [6, 6.07) is 6.51. The summed E-state index contributed by atoms with van der Waals surface area (Å²) in [5.41, 5.74) is 1.25. The topological polar surface area (TPSA) is 30.5 Å². The number of rotatable bonds is 4. The van der Waals surface area contributed by atoms with Crippen LogP contribution in [0, 0.1) is 0 Å². The summed E-state index contributed by atoms with van der Waals surface area (Å²) in [7, 11) is 2.00. The molecule has 1 aliphatic heterocycles. The Labute approximate surface area is 113 Å². The molecular weight excluding hydrogens is 246 g/mol. The molecule has 100 valence electrons. The van der Waals surface area contributed by atoms with Crippen LogP contribution in [-0.4, -0.2) is 24.3 Å². The molecule has 18 heavy (non-hydrogen) atoms. The Morgan fingerprint density at radius 1 is 1.28 bits per heavy atom. The quantitative estimate of drug-likeness (QED) is 0.907. The van der Waals surface area contributed by atoms with Crippen LogP contribution in [0.3, 0.4) is 0 Å². The minimum atomic E-state index is 0.283. The Kier molecular flexibility index (Phi) is 4.07. The van der Waals surface area contributed by atoms with Crippen molar-refractivity contribution in [2.75, 3.05) is 19.6 Å². The average Bonchev–Trinajstić information content (AvgIpc) is 2.75. The van der Waals surface area contributed by atoms with Crippen molar-refractivity contribution in [3.63, 3.8) is 0 Å². The Morgan fingerprint density at radius 3 is 2.67 bits per heavy atom. The van der Waals surface area contributed by atoms with Crippen LogP contribution in [0.5, 0.6) is 11.5 Å². The predicted molar refractivity (Wildman–Crippen MR) is 76.6 cm³/mol. The van der Waals surface area contributed by atoms with Crippen molar-refractivity contribution in [2.45, 2.75) is 31.6 Å². The van der Waals surface area contributed by atoms with Gasteiger partial charge in [-0.2, -0.15) is 11.8 Å². The highest BCUT2D eigenvalue weighted by atomic mass is 32.2. The van der Waals surface area contributed by atoms with Crippen molar-refractivity contribution in [2.24, 2.45) is 0 Å². The lowest BCUT2D eigenvalue weighted by atomic mass is 10.1. The summed E-state index contributed by atoms with van der Waals surface area (Å²) in [6.45, 7) is 7.05. The van der Waals surface area contributed by atoms with E-state index in [9.17, 15) is 0 Å². The molecule has 1 aromatic carbocycles. The van der Waals surface area contributed by atoms with Crippen molar-refractivity contribution in [1.29, 1.82) is 0 Å². The third-order valence-electron chi connectivity index (χ3n) is 2.83. The first-order valence-corrected chi connectivity index (χ1v) is 7.19. The van der Waals surface area contributed by atoms with Crippen molar-refractivity contribution >= 4 is 11.8 Å². The van der Waals surface area contributed by atoms with Crippen molar-refractivity contribution in [1.82, 2.24) is 5.32 Å². The number of ether oxygens (including phenoxy) is 2. The Morgan fingerprint density at radius 2 is 2.00 bits per heavy atom. The van der Waals surface area contributed by atoms with Crippen LogP contribution in [-0.2, 0) is 0 Å². The molecule has 0 radical (unpaired) electrons. The van der Waals surface area contributed by atoms with Gasteiger partial charge in [0, 0.05) is 16.5 Å². The molecule has 3 nitrogen and oxygen atoms in total. The van der Waals surface area contributed by atoms with Crippen LogP contribution in [0.1, 0.15) is 32.4 Å². The Hall–Kier alpha value is -0.870. The van der Waals surface area contributed by atoms with Crippen molar-refractivity contribution in [3.8, 4) is 11.5 Å². The molecule has 1 N–H and O–H groups in total. The fraction of sp³-hybridized carbons (Fsp3) is 0.571. The summed E-state index contributed by atoms with van der Waals surface area (Å²) in [4.78, 5) is 0. The van der Waals surface area contributed by atoms with Gasteiger partial charge < -0.3 is 14.8 Å². The molecule has 1 aliphatic rings. The van der Waals surface area contributed by atoms with Gasteiger partial charge in [0.1, 0.15) is 0 Å².